The Hall–Kier alpha value is -1.72. The molecular weight excluding hydrogens is 286 g/mol. The van der Waals surface area contributed by atoms with Crippen LogP contribution in [0.5, 0.6) is 0 Å². The molecule has 0 saturated carbocycles. The molecule has 0 amide bonds. The van der Waals surface area contributed by atoms with Crippen molar-refractivity contribution in [3.05, 3.63) is 30.7 Å². The molecule has 0 aromatic carbocycles. The molecule has 122 valence electrons. The molecule has 2 aliphatic heterocycles. The average molecular weight is 311 g/mol. The minimum absolute atomic E-state index is 0.689. The zero-order valence-electron chi connectivity index (χ0n) is 13.9. The topological polar surface area (TPSA) is 35.5 Å². The minimum atomic E-state index is 0.689. The summed E-state index contributed by atoms with van der Waals surface area (Å²) < 4.78 is 0. The van der Waals surface area contributed by atoms with E-state index in [1.54, 1.807) is 0 Å². The van der Waals surface area contributed by atoms with Crippen LogP contribution in [0.3, 0.4) is 0 Å². The fraction of sp³-hybridized carbons (Fsp3) is 0.556. The predicted molar refractivity (Wildman–Crippen MR) is 93.8 cm³/mol. The van der Waals surface area contributed by atoms with Crippen LogP contribution in [0.1, 0.15) is 13.3 Å². The summed E-state index contributed by atoms with van der Waals surface area (Å²) in [6, 6.07) is 4.83. The largest absolute Gasteiger partial charge is 0.369 e. The van der Waals surface area contributed by atoms with E-state index in [9.17, 15) is 0 Å². The molecule has 23 heavy (non-hydrogen) atoms. The van der Waals surface area contributed by atoms with Gasteiger partial charge in [0.25, 0.3) is 0 Å². The van der Waals surface area contributed by atoms with Crippen LogP contribution >= 0.6 is 0 Å². The van der Waals surface area contributed by atoms with Gasteiger partial charge in [0.05, 0.1) is 5.52 Å². The number of fused-ring (bicyclic) bond motifs is 1. The van der Waals surface area contributed by atoms with Gasteiger partial charge in [-0.25, -0.2) is 0 Å². The number of hydrogen-bond acceptors (Lipinski definition) is 5. The molecule has 0 N–H and O–H groups in total. The van der Waals surface area contributed by atoms with Crippen LogP contribution in [0.25, 0.3) is 10.9 Å². The van der Waals surface area contributed by atoms with Crippen molar-refractivity contribution in [3.8, 4) is 0 Å². The van der Waals surface area contributed by atoms with Crippen molar-refractivity contribution in [2.45, 2.75) is 19.4 Å². The molecule has 4 rings (SSSR count). The van der Waals surface area contributed by atoms with E-state index in [0.717, 1.165) is 18.6 Å². The van der Waals surface area contributed by atoms with Gasteiger partial charge in [0.1, 0.15) is 0 Å². The Morgan fingerprint density at radius 1 is 1.09 bits per heavy atom. The van der Waals surface area contributed by atoms with Crippen LogP contribution in [-0.2, 0) is 0 Å². The van der Waals surface area contributed by atoms with Gasteiger partial charge in [-0.1, -0.05) is 6.92 Å². The highest BCUT2D eigenvalue weighted by Crippen LogP contribution is 2.29. The van der Waals surface area contributed by atoms with E-state index in [4.69, 9.17) is 0 Å². The van der Waals surface area contributed by atoms with Crippen LogP contribution in [-0.4, -0.2) is 71.6 Å². The van der Waals surface area contributed by atoms with Gasteiger partial charge < -0.3 is 9.80 Å². The van der Waals surface area contributed by atoms with E-state index < -0.39 is 0 Å². The Kier molecular flexibility index (Phi) is 4.14. The molecule has 5 heteroatoms. The van der Waals surface area contributed by atoms with E-state index in [2.05, 4.69) is 37.7 Å². The second-order valence-electron chi connectivity index (χ2n) is 6.58. The van der Waals surface area contributed by atoms with Crippen LogP contribution in [0.4, 0.5) is 5.69 Å². The van der Waals surface area contributed by atoms with Crippen molar-refractivity contribution in [3.63, 3.8) is 0 Å². The fourth-order valence-electron chi connectivity index (χ4n) is 3.95. The maximum Gasteiger partial charge on any atom is 0.0753 e. The number of nitrogens with zero attached hydrogens (tertiary/aromatic N) is 5. The Morgan fingerprint density at radius 2 is 1.96 bits per heavy atom. The van der Waals surface area contributed by atoms with Gasteiger partial charge in [-0.2, -0.15) is 0 Å². The lowest BCUT2D eigenvalue weighted by atomic mass is 10.2. The monoisotopic (exact) mass is 311 g/mol. The van der Waals surface area contributed by atoms with Gasteiger partial charge in [0, 0.05) is 75.0 Å². The summed E-state index contributed by atoms with van der Waals surface area (Å²) in [5.74, 6) is 0. The number of aromatic nitrogens is 2. The van der Waals surface area contributed by atoms with Gasteiger partial charge in [-0.05, 0) is 25.1 Å². The third kappa shape index (κ3) is 2.91. The predicted octanol–water partition coefficient (Wildman–Crippen LogP) is 1.85. The molecule has 2 fully saturated rings. The first kappa shape index (κ1) is 14.8. The summed E-state index contributed by atoms with van der Waals surface area (Å²) in [6.45, 7) is 10.6. The van der Waals surface area contributed by atoms with E-state index in [0.29, 0.717) is 6.04 Å². The third-order valence-corrected chi connectivity index (χ3v) is 5.39. The maximum atomic E-state index is 4.46. The third-order valence-electron chi connectivity index (χ3n) is 5.39. The summed E-state index contributed by atoms with van der Waals surface area (Å²) in [7, 11) is 0. The van der Waals surface area contributed by atoms with Crippen molar-refractivity contribution in [2.75, 3.05) is 50.7 Å². The number of rotatable bonds is 3. The summed E-state index contributed by atoms with van der Waals surface area (Å²) in [5.41, 5.74) is 2.33. The summed E-state index contributed by atoms with van der Waals surface area (Å²) in [6.07, 6.45) is 6.95. The molecule has 2 aromatic rings. The summed E-state index contributed by atoms with van der Waals surface area (Å²) in [5, 5.41) is 1.17. The van der Waals surface area contributed by atoms with Gasteiger partial charge in [0.15, 0.2) is 0 Å². The van der Waals surface area contributed by atoms with E-state index >= 15 is 0 Å². The van der Waals surface area contributed by atoms with E-state index in [1.807, 2.05) is 24.7 Å². The quantitative estimate of drug-likeness (QED) is 0.864. The highest BCUT2D eigenvalue weighted by Gasteiger charge is 2.30. The standard InChI is InChI=1S/C18H25N5/c1-2-21-9-11-22(12-10-21)15-5-8-23(14-15)18-4-7-20-17-3-6-19-13-16(17)18/h3-4,6-7,13,15H,2,5,8-12,14H2,1H3/t15-/m0/s1. The zero-order valence-corrected chi connectivity index (χ0v) is 13.9. The number of anilines is 1. The second kappa shape index (κ2) is 6.42. The highest BCUT2D eigenvalue weighted by atomic mass is 15.3. The number of piperazine rings is 1. The first-order chi connectivity index (χ1) is 11.3. The summed E-state index contributed by atoms with van der Waals surface area (Å²) in [4.78, 5) is 16.5. The minimum Gasteiger partial charge on any atom is -0.369 e. The molecule has 0 spiro atoms. The van der Waals surface area contributed by atoms with Gasteiger partial charge in [-0.15, -0.1) is 0 Å². The van der Waals surface area contributed by atoms with E-state index in [1.165, 1.54) is 50.2 Å². The van der Waals surface area contributed by atoms with Crippen LogP contribution in [0.15, 0.2) is 30.7 Å². The molecule has 4 heterocycles. The summed E-state index contributed by atoms with van der Waals surface area (Å²) >= 11 is 0. The molecule has 0 aliphatic carbocycles. The van der Waals surface area contributed by atoms with Crippen LogP contribution < -0.4 is 4.90 Å². The average Bonchev–Trinajstić information content (AvgIpc) is 3.11. The van der Waals surface area contributed by atoms with Crippen molar-refractivity contribution < 1.29 is 0 Å². The van der Waals surface area contributed by atoms with Crippen molar-refractivity contribution >= 4 is 16.6 Å². The maximum absolute atomic E-state index is 4.46. The molecule has 0 bridgehead atoms. The molecule has 0 radical (unpaired) electrons. The fourth-order valence-corrected chi connectivity index (χ4v) is 3.95. The second-order valence-corrected chi connectivity index (χ2v) is 6.58. The Balaban J connectivity index is 1.48. The van der Waals surface area contributed by atoms with Gasteiger partial charge >= 0.3 is 0 Å². The molecule has 2 aliphatic rings. The Labute approximate surface area is 137 Å². The molecule has 5 nitrogen and oxygen atoms in total. The molecule has 0 unspecified atom stereocenters. The van der Waals surface area contributed by atoms with Crippen LogP contribution in [0, 0.1) is 0 Å². The zero-order chi connectivity index (χ0) is 15.6. The molecule has 2 aromatic heterocycles. The molecular formula is C18H25N5. The number of hydrogen-bond donors (Lipinski definition) is 0. The molecule has 1 atom stereocenters. The lowest BCUT2D eigenvalue weighted by Crippen LogP contribution is -2.50. The first-order valence-electron chi connectivity index (χ1n) is 8.75. The van der Waals surface area contributed by atoms with Crippen molar-refractivity contribution in [2.24, 2.45) is 0 Å². The smallest absolute Gasteiger partial charge is 0.0753 e. The van der Waals surface area contributed by atoms with Crippen molar-refractivity contribution in [1.29, 1.82) is 0 Å². The Morgan fingerprint density at radius 3 is 2.78 bits per heavy atom. The van der Waals surface area contributed by atoms with Crippen molar-refractivity contribution in [1.82, 2.24) is 19.8 Å². The first-order valence-corrected chi connectivity index (χ1v) is 8.75. The normalized spacial score (nSPS) is 23.7. The number of likely N-dealkylation sites (N-methyl/N-ethyl adjacent to an activating group) is 1. The van der Waals surface area contributed by atoms with E-state index in [-0.39, 0.29) is 0 Å². The highest BCUT2D eigenvalue weighted by molar-refractivity contribution is 5.90. The molecule has 2 saturated heterocycles. The lowest BCUT2D eigenvalue weighted by molar-refractivity contribution is 0.107. The lowest BCUT2D eigenvalue weighted by Gasteiger charge is -2.37. The Bertz CT molecular complexity index is 660. The van der Waals surface area contributed by atoms with Gasteiger partial charge in [-0.3, -0.25) is 14.9 Å². The SMILES string of the molecule is CCN1CCN([C@H]2CCN(c3ccnc4ccncc34)C2)CC1. The van der Waals surface area contributed by atoms with Gasteiger partial charge in [0.2, 0.25) is 0 Å². The number of pyridine rings is 2. The van der Waals surface area contributed by atoms with Crippen LogP contribution in [0.2, 0.25) is 0 Å².